The molecule has 2 aromatic rings. The Morgan fingerprint density at radius 1 is 1.30 bits per heavy atom. The minimum absolute atomic E-state index is 0.181. The maximum absolute atomic E-state index is 14.0. The summed E-state index contributed by atoms with van der Waals surface area (Å²) in [6.07, 6.45) is 4.22. The van der Waals surface area contributed by atoms with E-state index in [9.17, 15) is 9.18 Å². The number of halogens is 1. The van der Waals surface area contributed by atoms with E-state index in [1.165, 1.54) is 26.6 Å². The van der Waals surface area contributed by atoms with Crippen molar-refractivity contribution in [1.82, 2.24) is 9.97 Å². The van der Waals surface area contributed by atoms with Gasteiger partial charge in [0.15, 0.2) is 0 Å². The third-order valence-corrected chi connectivity index (χ3v) is 3.55. The zero-order valence-electron chi connectivity index (χ0n) is 12.9. The number of aryl methyl sites for hydroxylation is 1. The standard InChI is InChI=1S/C16H15FN2O3S/c1-10-14(17)15(19-9-18-10)22-13-7-5-4-6-11(13)12(8-21-2)16(20)23-3/h4-9H,1-3H3. The minimum atomic E-state index is -0.643. The van der Waals surface area contributed by atoms with Crippen LogP contribution in [-0.4, -0.2) is 28.4 Å². The molecule has 0 unspecified atom stereocenters. The fraction of sp³-hybridized carbons (Fsp3) is 0.188. The minimum Gasteiger partial charge on any atom is -0.504 e. The first-order valence-electron chi connectivity index (χ1n) is 6.64. The molecule has 0 bridgehead atoms. The molecule has 5 nitrogen and oxygen atoms in total. The van der Waals surface area contributed by atoms with E-state index >= 15 is 0 Å². The monoisotopic (exact) mass is 334 g/mol. The highest BCUT2D eigenvalue weighted by Crippen LogP contribution is 2.32. The summed E-state index contributed by atoms with van der Waals surface area (Å²) in [5.41, 5.74) is 0.992. The van der Waals surface area contributed by atoms with Gasteiger partial charge in [-0.1, -0.05) is 30.0 Å². The van der Waals surface area contributed by atoms with E-state index in [2.05, 4.69) is 9.97 Å². The second-order valence-electron chi connectivity index (χ2n) is 4.44. The van der Waals surface area contributed by atoms with E-state index in [0.29, 0.717) is 16.9 Å². The molecule has 2 rings (SSSR count). The van der Waals surface area contributed by atoms with Gasteiger partial charge in [-0.3, -0.25) is 4.79 Å². The van der Waals surface area contributed by atoms with Crippen molar-refractivity contribution in [2.45, 2.75) is 6.92 Å². The summed E-state index contributed by atoms with van der Waals surface area (Å²) in [6, 6.07) is 6.79. The summed E-state index contributed by atoms with van der Waals surface area (Å²) >= 11 is 1.05. The number of carbonyl (C=O) groups is 1. The third-order valence-electron chi connectivity index (χ3n) is 2.96. The number of aromatic nitrogens is 2. The van der Waals surface area contributed by atoms with E-state index in [1.807, 2.05) is 0 Å². The number of methoxy groups -OCH3 is 1. The van der Waals surface area contributed by atoms with Gasteiger partial charge in [-0.05, 0) is 19.2 Å². The second kappa shape index (κ2) is 7.73. The zero-order valence-corrected chi connectivity index (χ0v) is 13.7. The number of nitrogens with zero attached hydrogens (tertiary/aromatic N) is 2. The molecule has 1 aromatic heterocycles. The van der Waals surface area contributed by atoms with Gasteiger partial charge in [0.2, 0.25) is 10.9 Å². The van der Waals surface area contributed by atoms with Gasteiger partial charge >= 0.3 is 0 Å². The Hall–Kier alpha value is -2.41. The molecule has 0 aliphatic heterocycles. The molecule has 0 amide bonds. The molecule has 7 heteroatoms. The lowest BCUT2D eigenvalue weighted by atomic mass is 10.1. The summed E-state index contributed by atoms with van der Waals surface area (Å²) < 4.78 is 24.6. The SMILES string of the molecule is COC=C(C(=O)SC)c1ccccc1Oc1ncnc(C)c1F. The second-order valence-corrected chi connectivity index (χ2v) is 5.21. The number of carbonyl (C=O) groups excluding carboxylic acids is 1. The predicted molar refractivity (Wildman–Crippen MR) is 86.8 cm³/mol. The van der Waals surface area contributed by atoms with Crippen molar-refractivity contribution in [2.75, 3.05) is 13.4 Å². The number of hydrogen-bond acceptors (Lipinski definition) is 6. The Bertz CT molecular complexity index is 750. The van der Waals surface area contributed by atoms with Crippen molar-refractivity contribution in [3.05, 3.63) is 53.9 Å². The van der Waals surface area contributed by atoms with Crippen molar-refractivity contribution < 1.29 is 18.7 Å². The fourth-order valence-corrected chi connectivity index (χ4v) is 2.22. The molecule has 0 radical (unpaired) electrons. The highest BCUT2D eigenvalue weighted by atomic mass is 32.2. The average Bonchev–Trinajstić information content (AvgIpc) is 2.57. The van der Waals surface area contributed by atoms with Crippen LogP contribution in [0.1, 0.15) is 11.3 Å². The van der Waals surface area contributed by atoms with Gasteiger partial charge in [0.1, 0.15) is 12.1 Å². The Kier molecular flexibility index (Phi) is 5.70. The van der Waals surface area contributed by atoms with Crippen LogP contribution in [0.5, 0.6) is 11.6 Å². The van der Waals surface area contributed by atoms with Crippen LogP contribution < -0.4 is 4.74 Å². The highest BCUT2D eigenvalue weighted by Gasteiger charge is 2.18. The van der Waals surface area contributed by atoms with Crippen molar-refractivity contribution in [3.8, 4) is 11.6 Å². The van der Waals surface area contributed by atoms with Crippen molar-refractivity contribution >= 4 is 22.5 Å². The van der Waals surface area contributed by atoms with Crippen molar-refractivity contribution in [2.24, 2.45) is 0 Å². The number of ether oxygens (including phenoxy) is 2. The zero-order chi connectivity index (χ0) is 16.8. The lowest BCUT2D eigenvalue weighted by molar-refractivity contribution is -0.106. The molecular formula is C16H15FN2O3S. The summed E-state index contributed by atoms with van der Waals surface area (Å²) in [7, 11) is 1.45. The molecule has 0 atom stereocenters. The van der Waals surface area contributed by atoms with Crippen LogP contribution >= 0.6 is 11.8 Å². The number of para-hydroxylation sites is 1. The van der Waals surface area contributed by atoms with Crippen LogP contribution in [0.15, 0.2) is 36.9 Å². The van der Waals surface area contributed by atoms with E-state index in [4.69, 9.17) is 9.47 Å². The van der Waals surface area contributed by atoms with Crippen LogP contribution in [0.25, 0.3) is 5.57 Å². The van der Waals surface area contributed by atoms with E-state index in [0.717, 1.165) is 11.8 Å². The van der Waals surface area contributed by atoms with Gasteiger partial charge in [0.05, 0.1) is 24.6 Å². The molecule has 0 saturated carbocycles. The summed E-state index contributed by atoms with van der Waals surface area (Å²) in [6.45, 7) is 1.52. The maximum atomic E-state index is 14.0. The van der Waals surface area contributed by atoms with Gasteiger partial charge in [-0.2, -0.15) is 9.37 Å². The van der Waals surface area contributed by atoms with Crippen molar-refractivity contribution in [3.63, 3.8) is 0 Å². The Balaban J connectivity index is 2.47. The van der Waals surface area contributed by atoms with Crippen LogP contribution in [-0.2, 0) is 9.53 Å². The van der Waals surface area contributed by atoms with Crippen molar-refractivity contribution in [1.29, 1.82) is 0 Å². The molecule has 0 aliphatic carbocycles. The average molecular weight is 334 g/mol. The number of rotatable bonds is 5. The molecule has 0 aliphatic rings. The first kappa shape index (κ1) is 17.0. The molecule has 1 heterocycles. The van der Waals surface area contributed by atoms with E-state index < -0.39 is 5.82 Å². The number of benzene rings is 1. The van der Waals surface area contributed by atoms with E-state index in [1.54, 1.807) is 30.5 Å². The normalized spacial score (nSPS) is 11.2. The summed E-state index contributed by atoms with van der Waals surface area (Å²) in [4.78, 5) is 19.6. The molecule has 23 heavy (non-hydrogen) atoms. The van der Waals surface area contributed by atoms with Crippen LogP contribution in [0.4, 0.5) is 4.39 Å². The van der Waals surface area contributed by atoms with Gasteiger partial charge in [0, 0.05) is 5.56 Å². The van der Waals surface area contributed by atoms with Gasteiger partial charge < -0.3 is 9.47 Å². The van der Waals surface area contributed by atoms with Gasteiger partial charge in [-0.25, -0.2) is 4.98 Å². The molecule has 0 spiro atoms. The number of hydrogen-bond donors (Lipinski definition) is 0. The summed E-state index contributed by atoms with van der Waals surface area (Å²) in [5, 5.41) is -0.192. The maximum Gasteiger partial charge on any atom is 0.259 e. The molecule has 120 valence electrons. The lowest BCUT2D eigenvalue weighted by Gasteiger charge is -2.12. The lowest BCUT2D eigenvalue weighted by Crippen LogP contribution is -2.02. The topological polar surface area (TPSA) is 61.3 Å². The fourth-order valence-electron chi connectivity index (χ4n) is 1.84. The summed E-state index contributed by atoms with van der Waals surface area (Å²) in [5.74, 6) is -0.538. The molecule has 1 aromatic carbocycles. The van der Waals surface area contributed by atoms with Gasteiger partial charge in [-0.15, -0.1) is 0 Å². The highest BCUT2D eigenvalue weighted by molar-refractivity contribution is 8.14. The smallest absolute Gasteiger partial charge is 0.259 e. The van der Waals surface area contributed by atoms with Gasteiger partial charge in [0.25, 0.3) is 5.88 Å². The first-order valence-corrected chi connectivity index (χ1v) is 7.86. The molecular weight excluding hydrogens is 319 g/mol. The van der Waals surface area contributed by atoms with E-state index in [-0.39, 0.29) is 16.7 Å². The molecule has 0 fully saturated rings. The quantitative estimate of drug-likeness (QED) is 0.615. The third kappa shape index (κ3) is 3.87. The Morgan fingerprint density at radius 2 is 2.04 bits per heavy atom. The molecule has 0 N–H and O–H groups in total. The van der Waals surface area contributed by atoms with Crippen LogP contribution in [0, 0.1) is 12.7 Å². The Morgan fingerprint density at radius 3 is 2.74 bits per heavy atom. The largest absolute Gasteiger partial charge is 0.504 e. The molecule has 0 saturated heterocycles. The van der Waals surface area contributed by atoms with Crippen LogP contribution in [0.2, 0.25) is 0 Å². The van der Waals surface area contributed by atoms with Crippen LogP contribution in [0.3, 0.4) is 0 Å². The predicted octanol–water partition coefficient (Wildman–Crippen LogP) is 3.59. The Labute approximate surface area is 137 Å². The number of thioether (sulfide) groups is 1. The first-order chi connectivity index (χ1) is 11.1.